The molecule has 16 heavy (non-hydrogen) atoms. The first-order valence-electron chi connectivity index (χ1n) is 5.02. The van der Waals surface area contributed by atoms with E-state index in [-0.39, 0.29) is 5.41 Å². The molecule has 0 unspecified atom stereocenters. The lowest BCUT2D eigenvalue weighted by molar-refractivity contribution is 0.526. The van der Waals surface area contributed by atoms with Crippen LogP contribution >= 0.6 is 22.6 Å². The molecule has 5 heteroatoms. The molecular weight excluding hydrogens is 315 g/mol. The molecule has 0 saturated heterocycles. The molecule has 0 saturated carbocycles. The van der Waals surface area contributed by atoms with Crippen LogP contribution in [0.25, 0.3) is 11.0 Å². The summed E-state index contributed by atoms with van der Waals surface area (Å²) in [6.07, 6.45) is 2.88. The molecule has 0 bridgehead atoms. The smallest absolute Gasteiger partial charge is 0.139 e. The van der Waals surface area contributed by atoms with Crippen molar-refractivity contribution in [1.29, 1.82) is 0 Å². The highest BCUT2D eigenvalue weighted by atomic mass is 127. The molecule has 0 aliphatic carbocycles. The van der Waals surface area contributed by atoms with Gasteiger partial charge in [0.2, 0.25) is 0 Å². The van der Waals surface area contributed by atoms with E-state index < -0.39 is 0 Å². The monoisotopic (exact) mass is 329 g/mol. The van der Waals surface area contributed by atoms with Crippen molar-refractivity contribution in [3.05, 3.63) is 15.6 Å². The van der Waals surface area contributed by atoms with Crippen LogP contribution in [0.4, 0.5) is 5.82 Å². The van der Waals surface area contributed by atoms with Gasteiger partial charge in [-0.3, -0.25) is 0 Å². The maximum Gasteiger partial charge on any atom is 0.139 e. The summed E-state index contributed by atoms with van der Waals surface area (Å²) in [7, 11) is 2.01. The Morgan fingerprint density at radius 3 is 2.56 bits per heavy atom. The van der Waals surface area contributed by atoms with Gasteiger partial charge < -0.3 is 10.3 Å². The van der Waals surface area contributed by atoms with E-state index in [1.165, 1.54) is 0 Å². The first-order chi connectivity index (χ1) is 7.32. The largest absolute Gasteiger partial charge is 0.383 e. The van der Waals surface area contributed by atoms with Crippen LogP contribution in [0.1, 0.15) is 26.6 Å². The topological polar surface area (TPSA) is 56.7 Å². The third-order valence-electron chi connectivity index (χ3n) is 2.48. The fraction of sp³-hybridized carbons (Fsp3) is 0.455. The van der Waals surface area contributed by atoms with Crippen LogP contribution in [0.15, 0.2) is 0 Å². The first-order valence-corrected chi connectivity index (χ1v) is 6.10. The summed E-state index contributed by atoms with van der Waals surface area (Å²) in [4.78, 5) is 8.58. The summed E-state index contributed by atoms with van der Waals surface area (Å²) in [6, 6.07) is 0. The predicted molar refractivity (Wildman–Crippen MR) is 73.2 cm³/mol. The minimum atomic E-state index is -0.000544. The highest BCUT2D eigenvalue weighted by Gasteiger charge is 2.23. The van der Waals surface area contributed by atoms with E-state index in [0.717, 1.165) is 20.4 Å². The molecule has 0 atom stereocenters. The van der Waals surface area contributed by atoms with Crippen molar-refractivity contribution in [2.24, 2.45) is 7.05 Å². The Morgan fingerprint density at radius 2 is 2.00 bits per heavy atom. The van der Waals surface area contributed by atoms with Crippen molar-refractivity contribution < 1.29 is 0 Å². The van der Waals surface area contributed by atoms with Gasteiger partial charge >= 0.3 is 0 Å². The molecule has 85 valence electrons. The average Bonchev–Trinajstić information content (AvgIpc) is 2.50. The van der Waals surface area contributed by atoms with Crippen molar-refractivity contribution in [2.45, 2.75) is 26.2 Å². The third-order valence-corrected chi connectivity index (χ3v) is 3.54. The lowest BCUT2D eigenvalue weighted by Crippen LogP contribution is -2.17. The number of pyridine rings is 1. The lowest BCUT2D eigenvalue weighted by Gasteiger charge is -2.17. The number of fused-ring (bicyclic) bond motifs is 1. The fourth-order valence-corrected chi connectivity index (χ4v) is 2.52. The lowest BCUT2D eigenvalue weighted by atomic mass is 9.96. The summed E-state index contributed by atoms with van der Waals surface area (Å²) in [5.41, 5.74) is 7.58. The first kappa shape index (κ1) is 11.6. The number of rotatable bonds is 0. The molecule has 0 aliphatic rings. The Labute approximate surface area is 108 Å². The fourth-order valence-electron chi connectivity index (χ4n) is 1.78. The van der Waals surface area contributed by atoms with Gasteiger partial charge in [-0.05, 0) is 22.6 Å². The molecule has 2 heterocycles. The van der Waals surface area contributed by atoms with E-state index in [4.69, 9.17) is 5.73 Å². The molecule has 0 aliphatic heterocycles. The molecule has 2 aromatic heterocycles. The zero-order chi connectivity index (χ0) is 12.1. The molecule has 0 aromatic carbocycles. The molecule has 2 aromatic rings. The van der Waals surface area contributed by atoms with Crippen LogP contribution in [-0.4, -0.2) is 14.5 Å². The standard InChI is InChI=1S/C11H14IN4/c1-11(2,3)10-15-6-5-14-9(13)7(12)8(6)16(10)4/h1-4H3,(H2,13,14). The molecule has 2 rings (SSSR count). The summed E-state index contributed by atoms with van der Waals surface area (Å²) < 4.78 is 3.02. The van der Waals surface area contributed by atoms with Crippen LogP contribution in [-0.2, 0) is 12.5 Å². The molecule has 4 nitrogen and oxygen atoms in total. The molecule has 0 fully saturated rings. The van der Waals surface area contributed by atoms with E-state index in [0.29, 0.717) is 5.82 Å². The van der Waals surface area contributed by atoms with Crippen molar-refractivity contribution in [2.75, 3.05) is 5.73 Å². The number of nitrogen functional groups attached to an aromatic ring is 1. The quantitative estimate of drug-likeness (QED) is 0.754. The second-order valence-electron chi connectivity index (χ2n) is 4.86. The van der Waals surface area contributed by atoms with Crippen LogP contribution in [0.5, 0.6) is 0 Å². The number of hydrogen-bond acceptors (Lipinski definition) is 3. The Kier molecular flexibility index (Phi) is 2.60. The summed E-state index contributed by atoms with van der Waals surface area (Å²) in [5, 5.41) is 0. The van der Waals surface area contributed by atoms with Crippen molar-refractivity contribution >= 4 is 39.4 Å². The number of hydrogen-bond donors (Lipinski definition) is 1. The predicted octanol–water partition coefficient (Wildman–Crippen LogP) is 2.25. The number of halogens is 1. The maximum atomic E-state index is 5.78. The molecular formula is C11H14IN4. The minimum Gasteiger partial charge on any atom is -0.383 e. The normalized spacial score (nSPS) is 12.3. The average molecular weight is 329 g/mol. The van der Waals surface area contributed by atoms with Crippen molar-refractivity contribution in [3.8, 4) is 0 Å². The van der Waals surface area contributed by atoms with Gasteiger partial charge in [0.05, 0.1) is 9.09 Å². The zero-order valence-electron chi connectivity index (χ0n) is 9.80. The van der Waals surface area contributed by atoms with Gasteiger partial charge in [-0.1, -0.05) is 20.8 Å². The van der Waals surface area contributed by atoms with Gasteiger partial charge in [-0.25, -0.2) is 9.97 Å². The van der Waals surface area contributed by atoms with Crippen LogP contribution in [0.2, 0.25) is 0 Å². The number of aromatic nitrogens is 3. The number of aryl methyl sites for hydroxylation is 1. The van der Waals surface area contributed by atoms with Crippen LogP contribution in [0, 0.1) is 9.77 Å². The highest BCUT2D eigenvalue weighted by molar-refractivity contribution is 14.1. The second-order valence-corrected chi connectivity index (χ2v) is 5.94. The van der Waals surface area contributed by atoms with Crippen molar-refractivity contribution in [3.63, 3.8) is 0 Å². The number of nitrogens with zero attached hydrogens (tertiary/aromatic N) is 3. The number of nitrogens with two attached hydrogens (primary N) is 1. The van der Waals surface area contributed by atoms with Gasteiger partial charge in [-0.15, -0.1) is 0 Å². The summed E-state index contributed by atoms with van der Waals surface area (Å²) >= 11 is 2.20. The molecule has 0 amide bonds. The van der Waals surface area contributed by atoms with Crippen molar-refractivity contribution in [1.82, 2.24) is 14.5 Å². The minimum absolute atomic E-state index is 0.000544. The van der Waals surface area contributed by atoms with Gasteiger partial charge in [0.25, 0.3) is 0 Å². The maximum absolute atomic E-state index is 5.78. The number of imidazole rings is 1. The van der Waals surface area contributed by atoms with E-state index in [9.17, 15) is 0 Å². The van der Waals surface area contributed by atoms with E-state index in [1.54, 1.807) is 0 Å². The van der Waals surface area contributed by atoms with Gasteiger partial charge in [0.15, 0.2) is 0 Å². The van der Waals surface area contributed by atoms with Gasteiger partial charge in [0, 0.05) is 12.5 Å². The molecule has 0 spiro atoms. The molecule has 2 N–H and O–H groups in total. The third kappa shape index (κ3) is 1.66. The Morgan fingerprint density at radius 1 is 1.38 bits per heavy atom. The Balaban J connectivity index is 2.85. The zero-order valence-corrected chi connectivity index (χ0v) is 12.0. The van der Waals surface area contributed by atoms with Crippen LogP contribution in [0.3, 0.4) is 0 Å². The highest BCUT2D eigenvalue weighted by Crippen LogP contribution is 2.28. The van der Waals surface area contributed by atoms with E-state index >= 15 is 0 Å². The Bertz CT molecular complexity index is 551. The van der Waals surface area contributed by atoms with Gasteiger partial charge in [-0.2, -0.15) is 0 Å². The van der Waals surface area contributed by atoms with E-state index in [2.05, 4.69) is 64.1 Å². The molecule has 1 radical (unpaired) electrons. The number of anilines is 1. The second kappa shape index (κ2) is 3.58. The summed E-state index contributed by atoms with van der Waals surface area (Å²) in [6.45, 7) is 6.41. The SMILES string of the molecule is Cn1c(C(C)(C)C)nc2[c]nc(N)c(I)c21. The summed E-state index contributed by atoms with van der Waals surface area (Å²) in [5.74, 6) is 1.53. The van der Waals surface area contributed by atoms with E-state index in [1.807, 2.05) is 7.05 Å². The Hall–Kier alpha value is -0.850. The van der Waals surface area contributed by atoms with Gasteiger partial charge in [0.1, 0.15) is 23.4 Å². The van der Waals surface area contributed by atoms with Crippen LogP contribution < -0.4 is 5.73 Å².